The number of rotatable bonds is 5. The molecule has 0 saturated carbocycles. The molecule has 1 aliphatic carbocycles. The fourth-order valence-electron chi connectivity index (χ4n) is 6.25. The van der Waals surface area contributed by atoms with Crippen molar-refractivity contribution in [2.75, 3.05) is 46.3 Å². The molecule has 0 spiro atoms. The van der Waals surface area contributed by atoms with Crippen molar-refractivity contribution in [2.24, 2.45) is 5.92 Å². The normalized spacial score (nSPS) is 24.2. The minimum absolute atomic E-state index is 0.165. The SMILES string of the molecule is CN1CCN([C@@H]2C[C@@H](Oc3ccc(Cl)cc3)c3c(c4ccccc4n3CC3CCNCC3)C2=O)CC1. The molecule has 0 amide bonds. The van der Waals surface area contributed by atoms with E-state index in [9.17, 15) is 4.79 Å². The second-order valence-corrected chi connectivity index (χ2v) is 11.0. The Morgan fingerprint density at radius 3 is 2.47 bits per heavy atom. The quantitative estimate of drug-likeness (QED) is 0.547. The van der Waals surface area contributed by atoms with Crippen LogP contribution in [0.2, 0.25) is 5.02 Å². The van der Waals surface area contributed by atoms with Crippen LogP contribution in [0.25, 0.3) is 10.9 Å². The number of piperazine rings is 1. The van der Waals surface area contributed by atoms with Gasteiger partial charge in [-0.25, -0.2) is 0 Å². The molecular formula is C29H35ClN4O2. The van der Waals surface area contributed by atoms with Crippen molar-refractivity contribution >= 4 is 28.3 Å². The van der Waals surface area contributed by atoms with Crippen molar-refractivity contribution in [3.63, 3.8) is 0 Å². The first-order chi connectivity index (χ1) is 17.6. The van der Waals surface area contributed by atoms with Gasteiger partial charge >= 0.3 is 0 Å². The third kappa shape index (κ3) is 4.56. The van der Waals surface area contributed by atoms with Crippen LogP contribution in [0, 0.1) is 5.92 Å². The molecule has 190 valence electrons. The molecule has 2 fully saturated rings. The predicted molar refractivity (Wildman–Crippen MR) is 144 cm³/mol. The first kappa shape index (κ1) is 24.0. The van der Waals surface area contributed by atoms with Gasteiger partial charge in [-0.15, -0.1) is 0 Å². The molecular weight excluding hydrogens is 472 g/mol. The fraction of sp³-hybridized carbons (Fsp3) is 0.483. The lowest BCUT2D eigenvalue weighted by Crippen LogP contribution is -2.53. The van der Waals surface area contributed by atoms with Crippen molar-refractivity contribution in [1.82, 2.24) is 19.7 Å². The van der Waals surface area contributed by atoms with Crippen molar-refractivity contribution in [2.45, 2.75) is 38.0 Å². The van der Waals surface area contributed by atoms with Gasteiger partial charge in [-0.1, -0.05) is 29.8 Å². The summed E-state index contributed by atoms with van der Waals surface area (Å²) < 4.78 is 9.12. The van der Waals surface area contributed by atoms with Crippen LogP contribution in [0.4, 0.5) is 0 Å². The van der Waals surface area contributed by atoms with Crippen LogP contribution in [-0.2, 0) is 6.54 Å². The van der Waals surface area contributed by atoms with Gasteiger partial charge in [0.25, 0.3) is 0 Å². The number of ether oxygens (including phenoxy) is 1. The standard InChI is InChI=1S/C29H35ClN4O2/c1-32-14-16-33(17-15-32)25-18-26(36-22-8-6-21(30)7-9-22)28-27(29(25)35)23-4-2-3-5-24(23)34(28)19-20-10-12-31-13-11-20/h2-9,20,25-26,31H,10-19H2,1H3/t25-,26-/m1/s1. The van der Waals surface area contributed by atoms with Gasteiger partial charge in [0.2, 0.25) is 0 Å². The number of carbonyl (C=O) groups excluding carboxylic acids is 1. The predicted octanol–water partition coefficient (Wildman–Crippen LogP) is 4.62. The Kier molecular flexibility index (Phi) is 6.78. The number of hydrogen-bond donors (Lipinski definition) is 1. The summed E-state index contributed by atoms with van der Waals surface area (Å²) in [4.78, 5) is 18.9. The third-order valence-corrected chi connectivity index (χ3v) is 8.52. The van der Waals surface area contributed by atoms with E-state index in [0.717, 1.165) is 86.6 Å². The highest BCUT2D eigenvalue weighted by Gasteiger charge is 2.42. The maximum Gasteiger partial charge on any atom is 0.182 e. The zero-order valence-electron chi connectivity index (χ0n) is 21.0. The highest BCUT2D eigenvalue weighted by molar-refractivity contribution is 6.30. The maximum absolute atomic E-state index is 14.2. The molecule has 2 saturated heterocycles. The Hall–Kier alpha value is -2.38. The Morgan fingerprint density at radius 1 is 1.00 bits per heavy atom. The number of halogens is 1. The second-order valence-electron chi connectivity index (χ2n) is 10.6. The minimum atomic E-state index is -0.197. The largest absolute Gasteiger partial charge is 0.484 e. The molecule has 6 nitrogen and oxygen atoms in total. The number of fused-ring (bicyclic) bond motifs is 3. The van der Waals surface area contributed by atoms with Gasteiger partial charge in [-0.3, -0.25) is 9.69 Å². The van der Waals surface area contributed by atoms with Gasteiger partial charge in [-0.05, 0) is 69.2 Å². The summed E-state index contributed by atoms with van der Waals surface area (Å²) in [7, 11) is 2.15. The van der Waals surface area contributed by atoms with Crippen LogP contribution < -0.4 is 10.1 Å². The van der Waals surface area contributed by atoms with E-state index in [0.29, 0.717) is 17.4 Å². The smallest absolute Gasteiger partial charge is 0.182 e. The Bertz CT molecular complexity index is 1230. The number of nitrogens with zero attached hydrogens (tertiary/aromatic N) is 3. The summed E-state index contributed by atoms with van der Waals surface area (Å²) >= 11 is 6.16. The van der Waals surface area contributed by atoms with E-state index in [-0.39, 0.29) is 17.9 Å². The number of Topliss-reactive ketones (excluding diaryl/α,β-unsaturated/α-hetero) is 1. The van der Waals surface area contributed by atoms with Gasteiger partial charge in [0.15, 0.2) is 5.78 Å². The highest BCUT2D eigenvalue weighted by atomic mass is 35.5. The summed E-state index contributed by atoms with van der Waals surface area (Å²) in [6, 6.07) is 15.9. The average Bonchev–Trinajstić information content (AvgIpc) is 3.23. The van der Waals surface area contributed by atoms with Crippen molar-refractivity contribution in [3.05, 3.63) is 64.8 Å². The van der Waals surface area contributed by atoms with E-state index < -0.39 is 0 Å². The lowest BCUT2D eigenvalue weighted by atomic mass is 9.86. The van der Waals surface area contributed by atoms with Crippen LogP contribution in [0.3, 0.4) is 0 Å². The van der Waals surface area contributed by atoms with E-state index in [2.05, 4.69) is 51.0 Å². The summed E-state index contributed by atoms with van der Waals surface area (Å²) in [5.41, 5.74) is 3.08. The number of ketones is 1. The molecule has 36 heavy (non-hydrogen) atoms. The number of benzene rings is 2. The number of likely N-dealkylation sites (N-methyl/N-ethyl adjacent to an activating group) is 1. The van der Waals surface area contributed by atoms with Gasteiger partial charge in [0.1, 0.15) is 11.9 Å². The van der Waals surface area contributed by atoms with Crippen molar-refractivity contribution in [3.8, 4) is 5.75 Å². The molecule has 2 aromatic carbocycles. The highest BCUT2D eigenvalue weighted by Crippen LogP contribution is 2.42. The third-order valence-electron chi connectivity index (χ3n) is 8.27. The van der Waals surface area contributed by atoms with Gasteiger partial charge < -0.3 is 19.5 Å². The van der Waals surface area contributed by atoms with Crippen molar-refractivity contribution in [1.29, 1.82) is 0 Å². The zero-order chi connectivity index (χ0) is 24.6. The molecule has 1 aromatic heterocycles. The fourth-order valence-corrected chi connectivity index (χ4v) is 6.38. The number of hydrogen-bond acceptors (Lipinski definition) is 5. The second kappa shape index (κ2) is 10.2. The Labute approximate surface area is 218 Å². The van der Waals surface area contributed by atoms with Crippen LogP contribution in [-0.4, -0.2) is 72.5 Å². The molecule has 2 aliphatic heterocycles. The summed E-state index contributed by atoms with van der Waals surface area (Å²) in [5.74, 6) is 1.64. The zero-order valence-corrected chi connectivity index (χ0v) is 21.7. The van der Waals surface area contributed by atoms with Gasteiger partial charge in [0, 0.05) is 55.1 Å². The first-order valence-corrected chi connectivity index (χ1v) is 13.7. The Balaban J connectivity index is 1.44. The number of aromatic nitrogens is 1. The molecule has 0 radical (unpaired) electrons. The van der Waals surface area contributed by atoms with E-state index in [4.69, 9.17) is 16.3 Å². The molecule has 7 heteroatoms. The number of para-hydroxylation sites is 1. The minimum Gasteiger partial charge on any atom is -0.484 e. The summed E-state index contributed by atoms with van der Waals surface area (Å²) in [5, 5.41) is 5.24. The first-order valence-electron chi connectivity index (χ1n) is 13.3. The van der Waals surface area contributed by atoms with Crippen LogP contribution in [0.5, 0.6) is 5.75 Å². The van der Waals surface area contributed by atoms with E-state index in [1.807, 2.05) is 24.3 Å². The Morgan fingerprint density at radius 2 is 1.72 bits per heavy atom. The topological polar surface area (TPSA) is 49.7 Å². The molecule has 3 aromatic rings. The maximum atomic E-state index is 14.2. The number of carbonyl (C=O) groups is 1. The molecule has 6 rings (SSSR count). The molecule has 0 bridgehead atoms. The summed E-state index contributed by atoms with van der Waals surface area (Å²) in [6.45, 7) is 6.81. The van der Waals surface area contributed by atoms with Crippen LogP contribution >= 0.6 is 11.6 Å². The lowest BCUT2D eigenvalue weighted by molar-refractivity contribution is 0.0499. The van der Waals surface area contributed by atoms with E-state index in [1.54, 1.807) is 0 Å². The number of nitrogens with one attached hydrogen (secondary N) is 1. The average molecular weight is 507 g/mol. The van der Waals surface area contributed by atoms with Gasteiger partial charge in [0.05, 0.1) is 17.3 Å². The molecule has 0 unspecified atom stereocenters. The monoisotopic (exact) mass is 506 g/mol. The number of piperidine rings is 1. The molecule has 3 heterocycles. The van der Waals surface area contributed by atoms with Crippen molar-refractivity contribution < 1.29 is 9.53 Å². The lowest BCUT2D eigenvalue weighted by Gasteiger charge is -2.41. The van der Waals surface area contributed by atoms with Crippen LogP contribution in [0.15, 0.2) is 48.5 Å². The van der Waals surface area contributed by atoms with Crippen LogP contribution in [0.1, 0.15) is 41.4 Å². The molecule has 1 N–H and O–H groups in total. The molecule has 2 atom stereocenters. The van der Waals surface area contributed by atoms with E-state index in [1.165, 1.54) is 0 Å². The summed E-state index contributed by atoms with van der Waals surface area (Å²) in [6.07, 6.45) is 2.78. The van der Waals surface area contributed by atoms with E-state index >= 15 is 0 Å². The van der Waals surface area contributed by atoms with Gasteiger partial charge in [-0.2, -0.15) is 0 Å². The molecule has 3 aliphatic rings.